The minimum atomic E-state index is -4.60. The molecule has 2 unspecified atom stereocenters. The van der Waals surface area contributed by atoms with Crippen LogP contribution in [0.25, 0.3) is 0 Å². The Bertz CT molecular complexity index is 1240. The predicted octanol–water partition coefficient (Wildman–Crippen LogP) is 9.78. The number of aliphatic hydroxyl groups excluding tert-OH is 3. The highest BCUT2D eigenvalue weighted by molar-refractivity contribution is 7.85. The van der Waals surface area contributed by atoms with Gasteiger partial charge in [0.2, 0.25) is 0 Å². The number of hydrogen-bond acceptors (Lipinski definition) is 11. The number of esters is 2. The van der Waals surface area contributed by atoms with E-state index in [1.807, 2.05) is 6.08 Å². The molecule has 0 bridgehead atoms. The summed E-state index contributed by atoms with van der Waals surface area (Å²) in [6.07, 6.45) is 32.1. The molecule has 1 fully saturated rings. The molecule has 1 aliphatic heterocycles. The fourth-order valence-electron chi connectivity index (χ4n) is 7.16. The van der Waals surface area contributed by atoms with Crippen LogP contribution in [-0.2, 0) is 38.7 Å². The first-order valence-electron chi connectivity index (χ1n) is 23.5. The number of unbranched alkanes of at least 4 members (excludes halogenated alkanes) is 23. The van der Waals surface area contributed by atoms with Crippen LogP contribution < -0.4 is 0 Å². The summed E-state index contributed by atoms with van der Waals surface area (Å²) >= 11 is 0. The second kappa shape index (κ2) is 37.4. The molecular formula is C47H84O12S. The van der Waals surface area contributed by atoms with Gasteiger partial charge in [-0.2, -0.15) is 8.42 Å². The molecule has 1 rings (SSSR count). The third-order valence-electron chi connectivity index (χ3n) is 10.8. The maximum atomic E-state index is 12.8. The topological polar surface area (TPSA) is 186 Å². The summed E-state index contributed by atoms with van der Waals surface area (Å²) in [5.41, 5.74) is 0. The van der Waals surface area contributed by atoms with Crippen molar-refractivity contribution in [3.8, 4) is 0 Å². The summed E-state index contributed by atoms with van der Waals surface area (Å²) in [4.78, 5) is 25.4. The van der Waals surface area contributed by atoms with E-state index in [0.717, 1.165) is 64.2 Å². The van der Waals surface area contributed by atoms with E-state index in [0.29, 0.717) is 12.8 Å². The normalized spacial score (nSPS) is 20.2. The highest BCUT2D eigenvalue weighted by Gasteiger charge is 2.46. The van der Waals surface area contributed by atoms with Crippen LogP contribution in [0.1, 0.15) is 193 Å². The van der Waals surface area contributed by atoms with Gasteiger partial charge in [0, 0.05) is 12.8 Å². The highest BCUT2D eigenvalue weighted by atomic mass is 32.2. The lowest BCUT2D eigenvalue weighted by Crippen LogP contribution is -2.60. The van der Waals surface area contributed by atoms with Crippen molar-refractivity contribution < 1.29 is 56.8 Å². The number of carbonyl (C=O) groups excluding carboxylic acids is 2. The molecule has 0 amide bonds. The molecule has 4 N–H and O–H groups in total. The van der Waals surface area contributed by atoms with Crippen molar-refractivity contribution in [2.45, 2.75) is 230 Å². The maximum Gasteiger partial charge on any atom is 0.306 e. The zero-order valence-electron chi connectivity index (χ0n) is 37.1. The van der Waals surface area contributed by atoms with Crippen molar-refractivity contribution in [3.05, 3.63) is 37.0 Å². The van der Waals surface area contributed by atoms with Crippen LogP contribution in [0.3, 0.4) is 0 Å². The largest absolute Gasteiger partial charge is 0.462 e. The molecular weight excluding hydrogens is 789 g/mol. The fraction of sp³-hybridized carbons (Fsp3) is 0.830. The Labute approximate surface area is 363 Å². The van der Waals surface area contributed by atoms with Crippen LogP contribution in [-0.4, -0.2) is 96.0 Å². The van der Waals surface area contributed by atoms with Crippen LogP contribution >= 0.6 is 0 Å². The zero-order valence-corrected chi connectivity index (χ0v) is 38.0. The Hall–Kier alpha value is -2.13. The van der Waals surface area contributed by atoms with Crippen LogP contribution in [0.15, 0.2) is 37.0 Å². The number of allylic oxidation sites excluding steroid dienone is 5. The summed E-state index contributed by atoms with van der Waals surface area (Å²) < 4.78 is 54.1. The van der Waals surface area contributed by atoms with Crippen LogP contribution in [0.5, 0.6) is 0 Å². The number of carbonyl (C=O) groups is 2. The molecule has 1 heterocycles. The van der Waals surface area contributed by atoms with Gasteiger partial charge in [0.15, 0.2) is 12.4 Å². The van der Waals surface area contributed by atoms with Gasteiger partial charge in [0.1, 0.15) is 36.8 Å². The molecule has 13 heteroatoms. The molecule has 0 aromatic carbocycles. The quantitative estimate of drug-likeness (QED) is 0.0198. The third kappa shape index (κ3) is 31.7. The lowest BCUT2D eigenvalue weighted by molar-refractivity contribution is -0.297. The van der Waals surface area contributed by atoms with Crippen molar-refractivity contribution >= 4 is 22.1 Å². The average Bonchev–Trinajstić information content (AvgIpc) is 3.21. The summed E-state index contributed by atoms with van der Waals surface area (Å²) in [7, 11) is -4.60. The number of hydrogen-bond donors (Lipinski definition) is 4. The molecule has 1 saturated heterocycles. The van der Waals surface area contributed by atoms with E-state index in [2.05, 4.69) is 37.8 Å². The molecule has 350 valence electrons. The van der Waals surface area contributed by atoms with Gasteiger partial charge in [-0.3, -0.25) is 14.1 Å². The van der Waals surface area contributed by atoms with Crippen LogP contribution in [0.4, 0.5) is 0 Å². The molecule has 6 atom stereocenters. The standard InChI is InChI=1S/C47H84O12S/c1-3-5-7-9-11-13-15-17-19-20-22-24-26-28-30-32-34-36-43(49)58-40(38-57-47-46(52)45(51)44(50)41(59-47)39-60(53,54)55)37-56-42(48)35-33-31-29-27-25-23-21-18-16-14-12-10-8-6-4-2/h4,11,13,17,19,40-41,44-47,50-52H,2-3,5-10,12,14-16,18,20-39H2,1H3,(H,53,54,55)/b13-11+,19-17+/t40-,41-,44-,45?,46?,47+/m1/s1. The molecule has 1 aliphatic rings. The van der Waals surface area contributed by atoms with E-state index >= 15 is 0 Å². The Morgan fingerprint density at radius 3 is 1.58 bits per heavy atom. The second-order valence-electron chi connectivity index (χ2n) is 16.5. The molecule has 0 aromatic heterocycles. The summed E-state index contributed by atoms with van der Waals surface area (Å²) in [6.45, 7) is 5.26. The van der Waals surface area contributed by atoms with E-state index in [1.165, 1.54) is 96.3 Å². The Morgan fingerprint density at radius 2 is 1.08 bits per heavy atom. The van der Waals surface area contributed by atoms with Gasteiger partial charge in [-0.1, -0.05) is 153 Å². The third-order valence-corrected chi connectivity index (χ3v) is 11.6. The van der Waals surface area contributed by atoms with Crippen molar-refractivity contribution in [2.24, 2.45) is 0 Å². The maximum absolute atomic E-state index is 12.8. The minimum Gasteiger partial charge on any atom is -0.462 e. The summed E-state index contributed by atoms with van der Waals surface area (Å²) in [5.74, 6) is -1.99. The first-order valence-corrected chi connectivity index (χ1v) is 25.1. The minimum absolute atomic E-state index is 0.155. The Kier molecular flexibility index (Phi) is 34.9. The van der Waals surface area contributed by atoms with E-state index < -0.39 is 71.2 Å². The molecule has 0 spiro atoms. The smallest absolute Gasteiger partial charge is 0.306 e. The van der Waals surface area contributed by atoms with Crippen molar-refractivity contribution in [1.29, 1.82) is 0 Å². The van der Waals surface area contributed by atoms with Crippen molar-refractivity contribution in [3.63, 3.8) is 0 Å². The van der Waals surface area contributed by atoms with Crippen molar-refractivity contribution in [2.75, 3.05) is 19.0 Å². The van der Waals surface area contributed by atoms with E-state index in [-0.39, 0.29) is 19.4 Å². The number of rotatable bonds is 40. The van der Waals surface area contributed by atoms with Gasteiger partial charge in [0.05, 0.1) is 6.61 Å². The molecule has 0 aliphatic carbocycles. The first kappa shape index (κ1) is 55.9. The first-order chi connectivity index (χ1) is 29.0. The molecule has 0 saturated carbocycles. The van der Waals surface area contributed by atoms with E-state index in [4.69, 9.17) is 18.9 Å². The van der Waals surface area contributed by atoms with Gasteiger partial charge in [-0.25, -0.2) is 0 Å². The van der Waals surface area contributed by atoms with Gasteiger partial charge in [0.25, 0.3) is 10.1 Å². The van der Waals surface area contributed by atoms with Crippen LogP contribution in [0, 0.1) is 0 Å². The Balaban J connectivity index is 2.42. The average molecular weight is 873 g/mol. The molecule has 0 aromatic rings. The number of aliphatic hydroxyl groups is 3. The monoisotopic (exact) mass is 873 g/mol. The lowest BCUT2D eigenvalue weighted by Gasteiger charge is -2.40. The molecule has 12 nitrogen and oxygen atoms in total. The highest BCUT2D eigenvalue weighted by Crippen LogP contribution is 2.24. The van der Waals surface area contributed by atoms with Gasteiger partial charge in [-0.15, -0.1) is 6.58 Å². The molecule has 60 heavy (non-hydrogen) atoms. The predicted molar refractivity (Wildman–Crippen MR) is 238 cm³/mol. The second-order valence-corrected chi connectivity index (χ2v) is 18.0. The molecule has 0 radical (unpaired) electrons. The van der Waals surface area contributed by atoms with Gasteiger partial charge >= 0.3 is 11.9 Å². The summed E-state index contributed by atoms with van der Waals surface area (Å²) in [6, 6.07) is 0. The summed E-state index contributed by atoms with van der Waals surface area (Å²) in [5, 5.41) is 30.9. The van der Waals surface area contributed by atoms with Gasteiger partial charge < -0.3 is 34.3 Å². The zero-order chi connectivity index (χ0) is 44.1. The fourth-order valence-corrected chi connectivity index (χ4v) is 7.85. The number of ether oxygens (including phenoxy) is 4. The SMILES string of the molecule is C=CCCCCCCCCCCCCCCCC(=O)OC[C@H](CO[C@H]1O[C@H](CS(=O)(=O)O)[C@@H](O)C(O)C1O)OC(=O)CCCCCCCCC/C=C/C/C=C/CCCCC. The van der Waals surface area contributed by atoms with Crippen molar-refractivity contribution in [1.82, 2.24) is 0 Å². The lowest BCUT2D eigenvalue weighted by atomic mass is 10.00. The van der Waals surface area contributed by atoms with E-state index in [9.17, 15) is 37.9 Å². The van der Waals surface area contributed by atoms with E-state index in [1.54, 1.807) is 0 Å². The Morgan fingerprint density at radius 1 is 0.617 bits per heavy atom. The van der Waals surface area contributed by atoms with Gasteiger partial charge in [-0.05, 0) is 57.8 Å². The van der Waals surface area contributed by atoms with Crippen LogP contribution in [0.2, 0.25) is 0 Å².